The van der Waals surface area contributed by atoms with Gasteiger partial charge < -0.3 is 5.32 Å². The summed E-state index contributed by atoms with van der Waals surface area (Å²) in [6.45, 7) is 0.362. The summed E-state index contributed by atoms with van der Waals surface area (Å²) in [5.41, 5.74) is 1.90. The second-order valence-electron chi connectivity index (χ2n) is 8.46. The molecule has 2 aliphatic carbocycles. The molecule has 5 nitrogen and oxygen atoms in total. The van der Waals surface area contributed by atoms with E-state index in [1.165, 1.54) is 4.90 Å². The van der Waals surface area contributed by atoms with E-state index in [9.17, 15) is 14.4 Å². The lowest BCUT2D eigenvalue weighted by atomic mass is 9.85. The fourth-order valence-electron chi connectivity index (χ4n) is 5.27. The third-order valence-corrected chi connectivity index (χ3v) is 6.70. The van der Waals surface area contributed by atoms with Gasteiger partial charge in [0.25, 0.3) is 0 Å². The van der Waals surface area contributed by atoms with E-state index in [4.69, 9.17) is 0 Å². The summed E-state index contributed by atoms with van der Waals surface area (Å²) in [4.78, 5) is 41.1. The molecule has 2 aromatic rings. The number of nitrogens with zero attached hydrogens (tertiary/aromatic N) is 1. The fraction of sp³-hybridized carbons (Fsp3) is 0.320. The molecule has 2 bridgehead atoms. The summed E-state index contributed by atoms with van der Waals surface area (Å²) in [7, 11) is 0. The lowest BCUT2D eigenvalue weighted by molar-refractivity contribution is -0.148. The predicted octanol–water partition coefficient (Wildman–Crippen LogP) is 2.72. The number of imide groups is 1. The number of hydrogen-bond acceptors (Lipinski definition) is 3. The van der Waals surface area contributed by atoms with Crippen LogP contribution in [0, 0.1) is 23.7 Å². The number of fused-ring (bicyclic) bond motifs is 5. The van der Waals surface area contributed by atoms with E-state index in [0.717, 1.165) is 17.5 Å². The Balaban J connectivity index is 1.40. The molecule has 0 aromatic heterocycles. The molecule has 0 radical (unpaired) electrons. The number of carbonyl (C=O) groups excluding carboxylic acids is 3. The van der Waals surface area contributed by atoms with Crippen LogP contribution >= 0.6 is 0 Å². The summed E-state index contributed by atoms with van der Waals surface area (Å²) in [6, 6.07) is 18.4. The second kappa shape index (κ2) is 7.56. The van der Waals surface area contributed by atoms with E-state index < -0.39 is 6.04 Å². The van der Waals surface area contributed by atoms with E-state index in [1.807, 2.05) is 60.7 Å². The van der Waals surface area contributed by atoms with Crippen LogP contribution in [0.5, 0.6) is 0 Å². The van der Waals surface area contributed by atoms with Gasteiger partial charge in [0.1, 0.15) is 6.04 Å². The van der Waals surface area contributed by atoms with Crippen LogP contribution in [0.15, 0.2) is 72.8 Å². The molecule has 5 heteroatoms. The Hall–Kier alpha value is -3.21. The maximum absolute atomic E-state index is 13.3. The van der Waals surface area contributed by atoms with Crippen LogP contribution in [0.1, 0.15) is 17.5 Å². The van der Waals surface area contributed by atoms with E-state index in [0.29, 0.717) is 13.0 Å². The number of benzene rings is 2. The molecule has 1 saturated carbocycles. The highest BCUT2D eigenvalue weighted by atomic mass is 16.2. The van der Waals surface area contributed by atoms with Crippen molar-refractivity contribution >= 4 is 17.7 Å². The van der Waals surface area contributed by atoms with Crippen molar-refractivity contribution in [1.29, 1.82) is 0 Å². The van der Waals surface area contributed by atoms with Crippen LogP contribution in [0.3, 0.4) is 0 Å². The van der Waals surface area contributed by atoms with Crippen molar-refractivity contribution in [3.63, 3.8) is 0 Å². The number of carbonyl (C=O) groups is 3. The van der Waals surface area contributed by atoms with E-state index >= 15 is 0 Å². The molecule has 3 amide bonds. The molecule has 1 N–H and O–H groups in total. The minimum atomic E-state index is -0.832. The number of nitrogens with one attached hydrogen (secondary N) is 1. The standard InChI is InChI=1S/C25H24N2O3/c28-23(26-15-17-9-5-2-6-10-17)20(13-16-7-3-1-4-8-16)27-24(29)21-18-11-12-19(14-18)22(21)25(27)30/h1-12,18-22H,13-15H2,(H,26,28)/t18-,19+,20-,21+,22+/m1/s1. The largest absolute Gasteiger partial charge is 0.350 e. The molecule has 5 rings (SSSR count). The quantitative estimate of drug-likeness (QED) is 0.599. The molecular formula is C25H24N2O3. The SMILES string of the molecule is O=C(NCc1ccccc1)[C@@H](Cc1ccccc1)N1C(=O)[C@@H]2[C@@H](C1=O)[C@H]1C=C[C@@H]2C1. The first-order valence-electron chi connectivity index (χ1n) is 10.5. The lowest BCUT2D eigenvalue weighted by Gasteiger charge is -2.27. The molecule has 5 atom stereocenters. The van der Waals surface area contributed by atoms with Crippen LogP contribution in [-0.2, 0) is 27.3 Å². The highest BCUT2D eigenvalue weighted by molar-refractivity contribution is 6.09. The average molecular weight is 400 g/mol. The maximum atomic E-state index is 13.3. The molecule has 2 aromatic carbocycles. The Morgan fingerprint density at radius 1 is 0.867 bits per heavy atom. The van der Waals surface area contributed by atoms with Crippen molar-refractivity contribution in [1.82, 2.24) is 10.2 Å². The van der Waals surface area contributed by atoms with Gasteiger partial charge in [-0.1, -0.05) is 72.8 Å². The highest BCUT2D eigenvalue weighted by Crippen LogP contribution is 2.52. The monoisotopic (exact) mass is 400 g/mol. The molecule has 3 aliphatic rings. The van der Waals surface area contributed by atoms with Crippen molar-refractivity contribution in [2.45, 2.75) is 25.4 Å². The molecule has 1 saturated heterocycles. The van der Waals surface area contributed by atoms with Crippen molar-refractivity contribution in [2.24, 2.45) is 23.7 Å². The van der Waals surface area contributed by atoms with Crippen molar-refractivity contribution in [3.05, 3.63) is 83.9 Å². The van der Waals surface area contributed by atoms with Gasteiger partial charge in [-0.05, 0) is 29.4 Å². The van der Waals surface area contributed by atoms with Gasteiger partial charge in [0.15, 0.2) is 0 Å². The van der Waals surface area contributed by atoms with Crippen molar-refractivity contribution in [3.8, 4) is 0 Å². The van der Waals surface area contributed by atoms with E-state index in [1.54, 1.807) is 0 Å². The Labute approximate surface area is 175 Å². The molecule has 0 unspecified atom stereocenters. The van der Waals surface area contributed by atoms with Gasteiger partial charge in [0.05, 0.1) is 11.8 Å². The van der Waals surface area contributed by atoms with E-state index in [2.05, 4.69) is 17.5 Å². The third-order valence-electron chi connectivity index (χ3n) is 6.70. The van der Waals surface area contributed by atoms with Gasteiger partial charge in [0, 0.05) is 13.0 Å². The maximum Gasteiger partial charge on any atom is 0.243 e. The Morgan fingerprint density at radius 2 is 1.40 bits per heavy atom. The molecule has 1 heterocycles. The third kappa shape index (κ3) is 3.15. The van der Waals surface area contributed by atoms with Crippen LogP contribution < -0.4 is 5.32 Å². The van der Waals surface area contributed by atoms with Gasteiger partial charge >= 0.3 is 0 Å². The number of rotatable bonds is 6. The number of amides is 3. The summed E-state index contributed by atoms with van der Waals surface area (Å²) in [5, 5.41) is 2.94. The lowest BCUT2D eigenvalue weighted by Crippen LogP contribution is -2.51. The molecule has 2 fully saturated rings. The van der Waals surface area contributed by atoms with Gasteiger partial charge in [0.2, 0.25) is 17.7 Å². The van der Waals surface area contributed by atoms with Crippen LogP contribution in [-0.4, -0.2) is 28.7 Å². The first kappa shape index (κ1) is 18.8. The summed E-state index contributed by atoms with van der Waals surface area (Å²) < 4.78 is 0. The van der Waals surface area contributed by atoms with Crippen molar-refractivity contribution in [2.75, 3.05) is 0 Å². The van der Waals surface area contributed by atoms with Gasteiger partial charge in [-0.25, -0.2) is 0 Å². The van der Waals surface area contributed by atoms with Crippen molar-refractivity contribution < 1.29 is 14.4 Å². The normalized spacial score (nSPS) is 27.4. The van der Waals surface area contributed by atoms with Gasteiger partial charge in [-0.15, -0.1) is 0 Å². The molecular weight excluding hydrogens is 376 g/mol. The number of allylic oxidation sites excluding steroid dienone is 2. The van der Waals surface area contributed by atoms with Crippen LogP contribution in [0.4, 0.5) is 0 Å². The second-order valence-corrected chi connectivity index (χ2v) is 8.46. The Morgan fingerprint density at radius 3 is 1.97 bits per heavy atom. The minimum absolute atomic E-state index is 0.131. The zero-order chi connectivity index (χ0) is 20.7. The predicted molar refractivity (Wildman–Crippen MR) is 112 cm³/mol. The van der Waals surface area contributed by atoms with Crippen LogP contribution in [0.2, 0.25) is 0 Å². The highest BCUT2D eigenvalue weighted by Gasteiger charge is 2.61. The number of hydrogen-bond donors (Lipinski definition) is 1. The summed E-state index contributed by atoms with van der Waals surface area (Å²) >= 11 is 0. The average Bonchev–Trinajstić information content (AvgIpc) is 3.46. The first-order chi connectivity index (χ1) is 14.6. The van der Waals surface area contributed by atoms with Crippen LogP contribution in [0.25, 0.3) is 0 Å². The zero-order valence-electron chi connectivity index (χ0n) is 16.6. The fourth-order valence-corrected chi connectivity index (χ4v) is 5.27. The Bertz CT molecular complexity index is 972. The summed E-state index contributed by atoms with van der Waals surface area (Å²) in [5.74, 6) is -0.988. The summed E-state index contributed by atoms with van der Waals surface area (Å²) in [6.07, 6.45) is 5.34. The molecule has 152 valence electrons. The smallest absolute Gasteiger partial charge is 0.243 e. The minimum Gasteiger partial charge on any atom is -0.350 e. The molecule has 0 spiro atoms. The van der Waals surface area contributed by atoms with Gasteiger partial charge in [-0.3, -0.25) is 19.3 Å². The topological polar surface area (TPSA) is 66.5 Å². The number of likely N-dealkylation sites (tertiary alicyclic amines) is 1. The molecule has 1 aliphatic heterocycles. The first-order valence-corrected chi connectivity index (χ1v) is 10.5. The van der Waals surface area contributed by atoms with E-state index in [-0.39, 0.29) is 41.4 Å². The van der Waals surface area contributed by atoms with Gasteiger partial charge in [-0.2, -0.15) is 0 Å². The zero-order valence-corrected chi connectivity index (χ0v) is 16.6. The Kier molecular flexibility index (Phi) is 4.74. The molecule has 30 heavy (non-hydrogen) atoms.